The number of hydrogen-bond donors (Lipinski definition) is 1. The molecule has 0 amide bonds. The van der Waals surface area contributed by atoms with Gasteiger partial charge in [0.15, 0.2) is 0 Å². The average molecular weight is 289 g/mol. The fourth-order valence-electron chi connectivity index (χ4n) is 3.74. The Morgan fingerprint density at radius 1 is 1.19 bits per heavy atom. The molecule has 1 N–H and O–H groups in total. The van der Waals surface area contributed by atoms with Crippen molar-refractivity contribution < 1.29 is 5.11 Å². The van der Waals surface area contributed by atoms with E-state index in [-0.39, 0.29) is 0 Å². The van der Waals surface area contributed by atoms with Gasteiger partial charge in [0, 0.05) is 11.6 Å². The molecule has 0 aromatic heterocycles. The molecule has 1 saturated heterocycles. The molecule has 0 bridgehead atoms. The Labute approximate surface area is 130 Å². The summed E-state index contributed by atoms with van der Waals surface area (Å²) in [5.74, 6) is 1.25. The van der Waals surface area contributed by atoms with Gasteiger partial charge in [0.2, 0.25) is 0 Å². The molecule has 2 heteroatoms. The Balaban J connectivity index is 2.11. The molecule has 0 spiro atoms. The van der Waals surface area contributed by atoms with Crippen molar-refractivity contribution >= 4 is 0 Å². The van der Waals surface area contributed by atoms with E-state index in [0.717, 1.165) is 31.0 Å². The molecule has 2 atom stereocenters. The maximum atomic E-state index is 10.2. The third-order valence-electron chi connectivity index (χ3n) is 5.11. The summed E-state index contributed by atoms with van der Waals surface area (Å²) in [6.45, 7) is 11.6. The molecule has 2 rings (SSSR count). The molecule has 0 aliphatic carbocycles. The molecule has 1 aromatic carbocycles. The van der Waals surface area contributed by atoms with E-state index in [9.17, 15) is 5.11 Å². The van der Waals surface area contributed by atoms with E-state index in [2.05, 4.69) is 38.7 Å². The van der Waals surface area contributed by atoms with Crippen LogP contribution in [0.2, 0.25) is 0 Å². The molecule has 0 radical (unpaired) electrons. The smallest absolute Gasteiger partial charge is 0.120 e. The fourth-order valence-corrected chi connectivity index (χ4v) is 3.74. The Hall–Kier alpha value is -1.02. The molecule has 1 heterocycles. The highest BCUT2D eigenvalue weighted by molar-refractivity contribution is 5.34. The standard InChI is InChI=1S/C19H31NO/c1-5-17(16-10-6-7-11-18(16)21)20-13-8-9-15(12-14-20)19(2,3)4/h6-7,10-11,15,17,21H,5,8-9,12-14H2,1-4H3. The lowest BCUT2D eigenvalue weighted by molar-refractivity contribution is 0.177. The van der Waals surface area contributed by atoms with Crippen LogP contribution in [0.15, 0.2) is 24.3 Å². The van der Waals surface area contributed by atoms with E-state index in [1.54, 1.807) is 0 Å². The average Bonchev–Trinajstić information content (AvgIpc) is 2.67. The lowest BCUT2D eigenvalue weighted by Gasteiger charge is -2.32. The van der Waals surface area contributed by atoms with Gasteiger partial charge < -0.3 is 5.11 Å². The van der Waals surface area contributed by atoms with Crippen LogP contribution in [-0.2, 0) is 0 Å². The fraction of sp³-hybridized carbons (Fsp3) is 0.684. The Kier molecular flexibility index (Phi) is 5.32. The van der Waals surface area contributed by atoms with Gasteiger partial charge in [-0.25, -0.2) is 0 Å². The highest BCUT2D eigenvalue weighted by atomic mass is 16.3. The highest BCUT2D eigenvalue weighted by Gasteiger charge is 2.29. The quantitative estimate of drug-likeness (QED) is 0.847. The van der Waals surface area contributed by atoms with Crippen molar-refractivity contribution in [1.29, 1.82) is 0 Å². The van der Waals surface area contributed by atoms with E-state index >= 15 is 0 Å². The first-order chi connectivity index (χ1) is 9.93. The van der Waals surface area contributed by atoms with E-state index in [1.807, 2.05) is 18.2 Å². The van der Waals surface area contributed by atoms with Crippen molar-refractivity contribution in [3.05, 3.63) is 29.8 Å². The minimum absolute atomic E-state index is 0.352. The Morgan fingerprint density at radius 2 is 1.90 bits per heavy atom. The van der Waals surface area contributed by atoms with Gasteiger partial charge in [-0.1, -0.05) is 45.9 Å². The molecule has 21 heavy (non-hydrogen) atoms. The van der Waals surface area contributed by atoms with Crippen LogP contribution in [0.4, 0.5) is 0 Å². The van der Waals surface area contributed by atoms with Crippen molar-refractivity contribution in [3.8, 4) is 5.75 Å². The molecule has 118 valence electrons. The van der Waals surface area contributed by atoms with E-state index in [1.165, 1.54) is 19.3 Å². The van der Waals surface area contributed by atoms with Crippen molar-refractivity contribution in [2.24, 2.45) is 11.3 Å². The van der Waals surface area contributed by atoms with Gasteiger partial charge in [0.25, 0.3) is 0 Å². The van der Waals surface area contributed by atoms with Crippen LogP contribution in [0.1, 0.15) is 65.0 Å². The number of aromatic hydroxyl groups is 1. The van der Waals surface area contributed by atoms with Gasteiger partial charge >= 0.3 is 0 Å². The summed E-state index contributed by atoms with van der Waals surface area (Å²) in [7, 11) is 0. The first kappa shape index (κ1) is 16.4. The van der Waals surface area contributed by atoms with Crippen molar-refractivity contribution in [3.63, 3.8) is 0 Å². The second-order valence-corrected chi connectivity index (χ2v) is 7.51. The first-order valence-corrected chi connectivity index (χ1v) is 8.45. The van der Waals surface area contributed by atoms with Crippen LogP contribution < -0.4 is 0 Å². The predicted molar refractivity (Wildman–Crippen MR) is 89.5 cm³/mol. The van der Waals surface area contributed by atoms with Gasteiger partial charge in [-0.05, 0) is 56.2 Å². The summed E-state index contributed by atoms with van der Waals surface area (Å²) in [5.41, 5.74) is 1.50. The minimum atomic E-state index is 0.352. The molecule has 1 aliphatic rings. The van der Waals surface area contributed by atoms with Crippen LogP contribution in [0.25, 0.3) is 0 Å². The summed E-state index contributed by atoms with van der Waals surface area (Å²) in [6, 6.07) is 8.19. The maximum Gasteiger partial charge on any atom is 0.120 e. The number of nitrogens with zero attached hydrogens (tertiary/aromatic N) is 1. The third kappa shape index (κ3) is 4.00. The van der Waals surface area contributed by atoms with E-state index in [4.69, 9.17) is 0 Å². The second kappa shape index (κ2) is 6.83. The van der Waals surface area contributed by atoms with Gasteiger partial charge in [-0.3, -0.25) is 4.90 Å². The van der Waals surface area contributed by atoms with Crippen molar-refractivity contribution in [2.45, 2.75) is 59.4 Å². The third-order valence-corrected chi connectivity index (χ3v) is 5.11. The van der Waals surface area contributed by atoms with Crippen LogP contribution in [0, 0.1) is 11.3 Å². The van der Waals surface area contributed by atoms with Crippen LogP contribution >= 0.6 is 0 Å². The highest BCUT2D eigenvalue weighted by Crippen LogP contribution is 2.37. The number of likely N-dealkylation sites (tertiary alicyclic amines) is 1. The number of hydrogen-bond acceptors (Lipinski definition) is 2. The van der Waals surface area contributed by atoms with Crippen LogP contribution in [-0.4, -0.2) is 23.1 Å². The zero-order valence-corrected chi connectivity index (χ0v) is 14.1. The van der Waals surface area contributed by atoms with Crippen molar-refractivity contribution in [1.82, 2.24) is 4.90 Å². The molecule has 1 aromatic rings. The lowest BCUT2D eigenvalue weighted by atomic mass is 9.77. The molecular formula is C19H31NO. The van der Waals surface area contributed by atoms with Crippen LogP contribution in [0.5, 0.6) is 5.75 Å². The molecular weight excluding hydrogens is 258 g/mol. The van der Waals surface area contributed by atoms with Gasteiger partial charge in [-0.15, -0.1) is 0 Å². The predicted octanol–water partition coefficient (Wildman–Crippen LogP) is 4.99. The number of phenols is 1. The summed E-state index contributed by atoms with van der Waals surface area (Å²) in [4.78, 5) is 2.58. The number of phenolic OH excluding ortho intramolecular Hbond substituents is 1. The summed E-state index contributed by atoms with van der Waals surface area (Å²) >= 11 is 0. The van der Waals surface area contributed by atoms with Crippen molar-refractivity contribution in [2.75, 3.05) is 13.1 Å². The number of rotatable bonds is 3. The summed E-state index contributed by atoms with van der Waals surface area (Å²) < 4.78 is 0. The second-order valence-electron chi connectivity index (χ2n) is 7.51. The van der Waals surface area contributed by atoms with E-state index < -0.39 is 0 Å². The molecule has 1 aliphatic heterocycles. The summed E-state index contributed by atoms with van der Waals surface area (Å²) in [5, 5.41) is 10.2. The molecule has 2 nitrogen and oxygen atoms in total. The van der Waals surface area contributed by atoms with Crippen LogP contribution in [0.3, 0.4) is 0 Å². The first-order valence-electron chi connectivity index (χ1n) is 8.45. The van der Waals surface area contributed by atoms with Gasteiger partial charge in [0.05, 0.1) is 0 Å². The zero-order valence-electron chi connectivity index (χ0n) is 14.1. The minimum Gasteiger partial charge on any atom is -0.508 e. The number of para-hydroxylation sites is 1. The Morgan fingerprint density at radius 3 is 2.52 bits per heavy atom. The van der Waals surface area contributed by atoms with E-state index in [0.29, 0.717) is 17.2 Å². The molecule has 1 fully saturated rings. The molecule has 0 saturated carbocycles. The Bertz CT molecular complexity index is 449. The normalized spacial score (nSPS) is 22.8. The largest absolute Gasteiger partial charge is 0.508 e. The monoisotopic (exact) mass is 289 g/mol. The molecule has 2 unspecified atom stereocenters. The zero-order chi connectivity index (χ0) is 15.5. The van der Waals surface area contributed by atoms with Gasteiger partial charge in [-0.2, -0.15) is 0 Å². The number of benzene rings is 1. The lowest BCUT2D eigenvalue weighted by Crippen LogP contribution is -2.30. The van der Waals surface area contributed by atoms with Gasteiger partial charge in [0.1, 0.15) is 5.75 Å². The maximum absolute atomic E-state index is 10.2. The topological polar surface area (TPSA) is 23.5 Å². The SMILES string of the molecule is CCC(c1ccccc1O)N1CCCC(C(C)(C)C)CC1. The summed E-state index contributed by atoms with van der Waals surface area (Å²) in [6.07, 6.45) is 4.93.